The van der Waals surface area contributed by atoms with Gasteiger partial charge in [-0.3, -0.25) is 9.59 Å². The lowest BCUT2D eigenvalue weighted by molar-refractivity contribution is -0.146. The minimum absolute atomic E-state index is 0.0794. The van der Waals surface area contributed by atoms with Crippen LogP contribution in [0.5, 0.6) is 0 Å². The molecule has 1 aromatic heterocycles. The van der Waals surface area contributed by atoms with Crippen molar-refractivity contribution in [2.45, 2.75) is 44.6 Å². The van der Waals surface area contributed by atoms with E-state index in [1.807, 2.05) is 0 Å². The third-order valence-electron chi connectivity index (χ3n) is 4.02. The summed E-state index contributed by atoms with van der Waals surface area (Å²) in [7, 11) is -3.96. The molecule has 2 unspecified atom stereocenters. The molecular weight excluding hydrogens is 338 g/mol. The highest BCUT2D eigenvalue weighted by atomic mass is 32.2. The van der Waals surface area contributed by atoms with Gasteiger partial charge in [-0.15, -0.1) is 0 Å². The molecule has 1 aliphatic rings. The average molecular weight is 359 g/mol. The molecule has 0 bridgehead atoms. The largest absolute Gasteiger partial charge is 0.481 e. The number of nitrogens with zero attached hydrogens (tertiary/aromatic N) is 2. The molecule has 2 heterocycles. The maximum Gasteiger partial charge on any atom is 0.308 e. The zero-order valence-electron chi connectivity index (χ0n) is 13.8. The predicted molar refractivity (Wildman–Crippen MR) is 82.7 cm³/mol. The predicted octanol–water partition coefficient (Wildman–Crippen LogP) is 0.281. The van der Waals surface area contributed by atoms with Gasteiger partial charge in [0.2, 0.25) is 15.9 Å². The van der Waals surface area contributed by atoms with E-state index in [1.54, 1.807) is 0 Å². The van der Waals surface area contributed by atoms with Gasteiger partial charge in [0.25, 0.3) is 0 Å². The van der Waals surface area contributed by atoms with Crippen LogP contribution in [0.2, 0.25) is 0 Å². The molecule has 2 N–H and O–H groups in total. The number of aryl methyl sites for hydroxylation is 2. The van der Waals surface area contributed by atoms with Gasteiger partial charge in [0.15, 0.2) is 5.76 Å². The zero-order valence-corrected chi connectivity index (χ0v) is 14.6. The van der Waals surface area contributed by atoms with Crippen molar-refractivity contribution in [3.8, 4) is 0 Å². The van der Waals surface area contributed by atoms with Crippen molar-refractivity contribution in [3.05, 3.63) is 11.5 Å². The van der Waals surface area contributed by atoms with Gasteiger partial charge in [-0.1, -0.05) is 5.16 Å². The number of aliphatic carboxylic acids is 1. The number of amides is 1. The molecule has 1 saturated heterocycles. The molecule has 1 fully saturated rings. The number of hydrogen-bond donors (Lipinski definition) is 2. The Kier molecular flexibility index (Phi) is 5.29. The van der Waals surface area contributed by atoms with Gasteiger partial charge in [0, 0.05) is 13.1 Å². The fraction of sp³-hybridized carbons (Fsp3) is 0.643. The highest BCUT2D eigenvalue weighted by Gasteiger charge is 2.33. The van der Waals surface area contributed by atoms with Gasteiger partial charge < -0.3 is 14.5 Å². The molecular formula is C14H21N3O6S. The third-order valence-corrected chi connectivity index (χ3v) is 5.81. The molecule has 0 spiro atoms. The van der Waals surface area contributed by atoms with Crippen molar-refractivity contribution in [1.29, 1.82) is 0 Å². The second-order valence-electron chi connectivity index (χ2n) is 5.96. The Morgan fingerprint density at radius 2 is 2.08 bits per heavy atom. The number of rotatable bonds is 5. The first-order chi connectivity index (χ1) is 11.1. The summed E-state index contributed by atoms with van der Waals surface area (Å²) >= 11 is 0. The Morgan fingerprint density at radius 3 is 2.62 bits per heavy atom. The van der Waals surface area contributed by atoms with Gasteiger partial charge in [-0.2, -0.15) is 4.72 Å². The molecule has 0 saturated carbocycles. The number of carboxylic acids is 1. The van der Waals surface area contributed by atoms with E-state index >= 15 is 0 Å². The molecule has 9 nitrogen and oxygen atoms in total. The number of carbonyl (C=O) groups excluding carboxylic acids is 1. The quantitative estimate of drug-likeness (QED) is 0.772. The van der Waals surface area contributed by atoms with Crippen LogP contribution in [0.1, 0.15) is 31.2 Å². The first-order valence-corrected chi connectivity index (χ1v) is 9.08. The molecule has 1 aromatic rings. The molecule has 1 amide bonds. The Balaban J connectivity index is 2.10. The van der Waals surface area contributed by atoms with E-state index in [2.05, 4.69) is 9.88 Å². The van der Waals surface area contributed by atoms with E-state index in [1.165, 1.54) is 25.7 Å². The third kappa shape index (κ3) is 3.75. The van der Waals surface area contributed by atoms with Crippen LogP contribution >= 0.6 is 0 Å². The summed E-state index contributed by atoms with van der Waals surface area (Å²) in [6.45, 7) is 4.91. The van der Waals surface area contributed by atoms with Crippen LogP contribution in [0.4, 0.5) is 0 Å². The van der Waals surface area contributed by atoms with Gasteiger partial charge in [-0.25, -0.2) is 8.42 Å². The lowest BCUT2D eigenvalue weighted by Crippen LogP contribution is -2.50. The van der Waals surface area contributed by atoms with Gasteiger partial charge in [0.1, 0.15) is 10.6 Å². The summed E-state index contributed by atoms with van der Waals surface area (Å²) < 4.78 is 32.0. The first kappa shape index (κ1) is 18.4. The molecule has 1 aliphatic heterocycles. The second-order valence-corrected chi connectivity index (χ2v) is 7.61. The van der Waals surface area contributed by atoms with Gasteiger partial charge >= 0.3 is 5.97 Å². The lowest BCUT2D eigenvalue weighted by atomic mass is 9.98. The first-order valence-electron chi connectivity index (χ1n) is 7.60. The normalized spacial score (nSPS) is 20.0. The van der Waals surface area contributed by atoms with Crippen LogP contribution in [-0.4, -0.2) is 54.6 Å². The molecule has 0 aromatic carbocycles. The Morgan fingerprint density at radius 1 is 1.42 bits per heavy atom. The average Bonchev–Trinajstić information content (AvgIpc) is 2.85. The fourth-order valence-electron chi connectivity index (χ4n) is 2.85. The molecule has 24 heavy (non-hydrogen) atoms. The standard InChI is InChI=1S/C14H21N3O6S/c1-8-12(10(3)23-15-8)24(21,22)16-9(2)13(18)17-6-4-5-11(7-17)14(19)20/h9,11,16H,4-7H2,1-3H3,(H,19,20). The van der Waals surface area contributed by atoms with Crippen LogP contribution in [0.15, 0.2) is 9.42 Å². The second kappa shape index (κ2) is 6.89. The summed E-state index contributed by atoms with van der Waals surface area (Å²) in [5.74, 6) is -1.87. The highest BCUT2D eigenvalue weighted by molar-refractivity contribution is 7.89. The number of aromatic nitrogens is 1. The van der Waals surface area contributed by atoms with Crippen LogP contribution in [-0.2, 0) is 19.6 Å². The van der Waals surface area contributed by atoms with Crippen molar-refractivity contribution < 1.29 is 27.6 Å². The van der Waals surface area contributed by atoms with E-state index in [0.29, 0.717) is 19.4 Å². The number of carboxylic acid groups (broad SMARTS) is 1. The number of piperidine rings is 1. The number of likely N-dealkylation sites (tertiary alicyclic amines) is 1. The molecule has 2 rings (SSSR count). The molecule has 10 heteroatoms. The molecule has 0 radical (unpaired) electrons. The summed E-state index contributed by atoms with van der Waals surface area (Å²) in [5, 5.41) is 12.7. The van der Waals surface area contributed by atoms with Gasteiger partial charge in [-0.05, 0) is 33.6 Å². The van der Waals surface area contributed by atoms with E-state index in [4.69, 9.17) is 9.63 Å². The summed E-state index contributed by atoms with van der Waals surface area (Å²) in [6.07, 6.45) is 1.09. The fourth-order valence-corrected chi connectivity index (χ4v) is 4.38. The van der Waals surface area contributed by atoms with Crippen molar-refractivity contribution >= 4 is 21.9 Å². The van der Waals surface area contributed by atoms with Crippen LogP contribution in [0.25, 0.3) is 0 Å². The van der Waals surface area contributed by atoms with E-state index in [9.17, 15) is 18.0 Å². The molecule has 2 atom stereocenters. The van der Waals surface area contributed by atoms with Crippen LogP contribution in [0, 0.1) is 19.8 Å². The molecule has 134 valence electrons. The smallest absolute Gasteiger partial charge is 0.308 e. The van der Waals surface area contributed by atoms with E-state index < -0.39 is 33.9 Å². The SMILES string of the molecule is Cc1noc(C)c1S(=O)(=O)NC(C)C(=O)N1CCCC(C(=O)O)C1. The van der Waals surface area contributed by atoms with Gasteiger partial charge in [0.05, 0.1) is 12.0 Å². The Labute approximate surface area is 140 Å². The van der Waals surface area contributed by atoms with Crippen molar-refractivity contribution in [2.75, 3.05) is 13.1 Å². The zero-order chi connectivity index (χ0) is 18.1. The van der Waals surface area contributed by atoms with Crippen LogP contribution in [0.3, 0.4) is 0 Å². The van der Waals surface area contributed by atoms with Crippen molar-refractivity contribution in [1.82, 2.24) is 14.8 Å². The maximum absolute atomic E-state index is 12.5. The topological polar surface area (TPSA) is 130 Å². The number of nitrogens with one attached hydrogen (secondary N) is 1. The minimum atomic E-state index is -3.96. The monoisotopic (exact) mass is 359 g/mol. The number of carbonyl (C=O) groups is 2. The van der Waals surface area contributed by atoms with Crippen LogP contribution < -0.4 is 4.72 Å². The molecule has 0 aliphatic carbocycles. The Bertz CT molecular complexity index is 722. The van der Waals surface area contributed by atoms with E-state index in [-0.39, 0.29) is 22.9 Å². The summed E-state index contributed by atoms with van der Waals surface area (Å²) in [6, 6.07) is -1.02. The maximum atomic E-state index is 12.5. The minimum Gasteiger partial charge on any atom is -0.481 e. The number of sulfonamides is 1. The summed E-state index contributed by atoms with van der Waals surface area (Å²) in [4.78, 5) is 24.8. The summed E-state index contributed by atoms with van der Waals surface area (Å²) in [5.41, 5.74) is 0.212. The highest BCUT2D eigenvalue weighted by Crippen LogP contribution is 2.20. The lowest BCUT2D eigenvalue weighted by Gasteiger charge is -2.32. The number of hydrogen-bond acceptors (Lipinski definition) is 6. The Hall–Kier alpha value is -1.94. The van der Waals surface area contributed by atoms with E-state index in [0.717, 1.165) is 0 Å². The van der Waals surface area contributed by atoms with Crippen molar-refractivity contribution in [3.63, 3.8) is 0 Å². The van der Waals surface area contributed by atoms with Crippen molar-refractivity contribution in [2.24, 2.45) is 5.92 Å².